The smallest absolute Gasteiger partial charge is 0.409 e. The molecule has 2 aromatic rings. The molecule has 2 aliphatic rings. The standard InChI is InChI=1S/C22H29N5O5S2.H2/c1-16(2)15-32-22(29)26-12-10-25(11-13-26)19-7-9-27(20(19)28)17-3-5-18(6-4-17)34(30,31)24-21-23-8-14-33-21;/h3-6,8,14,16,19H,7,9-13,15H2,1-2H3,(H,23,24);1H/t19-;/m0./s1. The normalized spacial score (nSPS) is 19.6. The van der Waals surface area contributed by atoms with E-state index in [4.69, 9.17) is 4.74 Å². The van der Waals surface area contributed by atoms with Crippen molar-refractivity contribution in [2.75, 3.05) is 49.0 Å². The zero-order valence-electron chi connectivity index (χ0n) is 19.2. The molecule has 12 heteroatoms. The first kappa shape index (κ1) is 24.4. The minimum atomic E-state index is -3.74. The fourth-order valence-corrected chi connectivity index (χ4v) is 5.85. The number of sulfonamides is 1. The van der Waals surface area contributed by atoms with Gasteiger partial charge in [-0.15, -0.1) is 11.3 Å². The van der Waals surface area contributed by atoms with Gasteiger partial charge in [0.1, 0.15) is 0 Å². The number of carbonyl (C=O) groups excluding carboxylic acids is 2. The van der Waals surface area contributed by atoms with Gasteiger partial charge >= 0.3 is 6.09 Å². The van der Waals surface area contributed by atoms with E-state index < -0.39 is 10.0 Å². The van der Waals surface area contributed by atoms with Gasteiger partial charge < -0.3 is 14.5 Å². The number of nitrogens with one attached hydrogen (secondary N) is 1. The van der Waals surface area contributed by atoms with Crippen LogP contribution in [0, 0.1) is 5.92 Å². The number of benzene rings is 1. The Morgan fingerprint density at radius 1 is 1.21 bits per heavy atom. The number of amides is 2. The molecule has 0 spiro atoms. The maximum Gasteiger partial charge on any atom is 0.409 e. The molecule has 186 valence electrons. The number of aromatic nitrogens is 1. The Hall–Kier alpha value is -2.70. The van der Waals surface area contributed by atoms with Gasteiger partial charge in [0.2, 0.25) is 5.91 Å². The van der Waals surface area contributed by atoms with E-state index in [2.05, 4.69) is 14.6 Å². The maximum atomic E-state index is 13.1. The third-order valence-corrected chi connectivity index (χ3v) is 8.02. The number of ether oxygens (including phenoxy) is 1. The van der Waals surface area contributed by atoms with Crippen LogP contribution in [0.2, 0.25) is 0 Å². The van der Waals surface area contributed by atoms with Crippen molar-refractivity contribution in [1.29, 1.82) is 0 Å². The van der Waals surface area contributed by atoms with Gasteiger partial charge in [0.05, 0.1) is 17.5 Å². The molecule has 34 heavy (non-hydrogen) atoms. The average Bonchev–Trinajstić information content (AvgIpc) is 3.47. The summed E-state index contributed by atoms with van der Waals surface area (Å²) in [4.78, 5) is 34.9. The number of piperazine rings is 1. The quantitative estimate of drug-likeness (QED) is 0.611. The molecule has 0 aliphatic carbocycles. The fraction of sp³-hybridized carbons (Fsp3) is 0.500. The van der Waals surface area contributed by atoms with Crippen LogP contribution in [0.5, 0.6) is 0 Å². The number of hydrogen-bond acceptors (Lipinski definition) is 8. The number of thiazole rings is 1. The molecule has 1 atom stereocenters. The number of carbonyl (C=O) groups is 2. The lowest BCUT2D eigenvalue weighted by atomic mass is 10.2. The minimum Gasteiger partial charge on any atom is -0.449 e. The highest BCUT2D eigenvalue weighted by molar-refractivity contribution is 7.93. The molecular weight excluding hydrogens is 478 g/mol. The van der Waals surface area contributed by atoms with Crippen LogP contribution in [-0.4, -0.2) is 80.6 Å². The van der Waals surface area contributed by atoms with Gasteiger partial charge in [0.25, 0.3) is 10.0 Å². The van der Waals surface area contributed by atoms with E-state index in [0.717, 1.165) is 0 Å². The second-order valence-corrected chi connectivity index (χ2v) is 11.3. The van der Waals surface area contributed by atoms with E-state index in [1.807, 2.05) is 13.8 Å². The van der Waals surface area contributed by atoms with Crippen molar-refractivity contribution in [3.05, 3.63) is 35.8 Å². The first-order valence-corrected chi connectivity index (χ1v) is 13.6. The van der Waals surface area contributed by atoms with E-state index in [-0.39, 0.29) is 30.3 Å². The lowest BCUT2D eigenvalue weighted by Gasteiger charge is -2.36. The lowest BCUT2D eigenvalue weighted by molar-refractivity contribution is -0.122. The summed E-state index contributed by atoms with van der Waals surface area (Å²) in [6, 6.07) is 6.04. The third kappa shape index (κ3) is 5.50. The zero-order chi connectivity index (χ0) is 24.3. The van der Waals surface area contributed by atoms with Crippen molar-refractivity contribution < 1.29 is 24.2 Å². The van der Waals surface area contributed by atoms with Crippen LogP contribution in [0.15, 0.2) is 40.7 Å². The SMILES string of the molecule is CC(C)COC(=O)N1CCN([C@H]2CCN(c3ccc(S(=O)(=O)Nc4nccs4)cc3)C2=O)CC1.[HH]. The molecular formula is C22H31N5O5S2. The summed E-state index contributed by atoms with van der Waals surface area (Å²) in [7, 11) is -3.74. The first-order valence-electron chi connectivity index (χ1n) is 11.2. The first-order chi connectivity index (χ1) is 16.2. The maximum absolute atomic E-state index is 13.1. The van der Waals surface area contributed by atoms with Crippen molar-refractivity contribution >= 4 is 44.2 Å². The van der Waals surface area contributed by atoms with Crippen LogP contribution in [0.3, 0.4) is 0 Å². The lowest BCUT2D eigenvalue weighted by Crippen LogP contribution is -2.54. The molecule has 2 saturated heterocycles. The van der Waals surface area contributed by atoms with Gasteiger partial charge in [-0.2, -0.15) is 0 Å². The Kier molecular flexibility index (Phi) is 7.39. The number of nitrogens with zero attached hydrogens (tertiary/aromatic N) is 4. The van der Waals surface area contributed by atoms with Gasteiger partial charge in [-0.3, -0.25) is 14.4 Å². The van der Waals surface area contributed by atoms with Gasteiger partial charge in [0.15, 0.2) is 5.13 Å². The topological polar surface area (TPSA) is 112 Å². The summed E-state index contributed by atoms with van der Waals surface area (Å²) in [6.07, 6.45) is 1.91. The highest BCUT2D eigenvalue weighted by Gasteiger charge is 2.38. The predicted molar refractivity (Wildman–Crippen MR) is 132 cm³/mol. The summed E-state index contributed by atoms with van der Waals surface area (Å²) < 4.78 is 32.8. The second-order valence-electron chi connectivity index (χ2n) is 8.72. The molecule has 0 radical (unpaired) electrons. The van der Waals surface area contributed by atoms with Crippen LogP contribution in [0.25, 0.3) is 0 Å². The number of hydrogen-bond donors (Lipinski definition) is 1. The molecule has 1 aromatic carbocycles. The zero-order valence-corrected chi connectivity index (χ0v) is 20.8. The highest BCUT2D eigenvalue weighted by atomic mass is 32.2. The molecule has 0 bridgehead atoms. The van der Waals surface area contributed by atoms with E-state index in [1.165, 1.54) is 29.7 Å². The largest absolute Gasteiger partial charge is 0.449 e. The van der Waals surface area contributed by atoms with Gasteiger partial charge in [-0.1, -0.05) is 13.8 Å². The van der Waals surface area contributed by atoms with E-state index >= 15 is 0 Å². The summed E-state index contributed by atoms with van der Waals surface area (Å²) in [5.41, 5.74) is 0.664. The minimum absolute atomic E-state index is 0. The highest BCUT2D eigenvalue weighted by Crippen LogP contribution is 2.27. The monoisotopic (exact) mass is 509 g/mol. The molecule has 1 aromatic heterocycles. The Balaban J connectivity index is 0.00000342. The van der Waals surface area contributed by atoms with E-state index in [9.17, 15) is 18.0 Å². The average molecular weight is 510 g/mol. The van der Waals surface area contributed by atoms with Gasteiger partial charge in [-0.05, 0) is 36.6 Å². The second kappa shape index (κ2) is 10.3. The van der Waals surface area contributed by atoms with Crippen molar-refractivity contribution in [1.82, 2.24) is 14.8 Å². The van der Waals surface area contributed by atoms with Crippen molar-refractivity contribution in [2.24, 2.45) is 5.92 Å². The van der Waals surface area contributed by atoms with Crippen molar-refractivity contribution in [3.63, 3.8) is 0 Å². The molecule has 1 N–H and O–H groups in total. The summed E-state index contributed by atoms with van der Waals surface area (Å²) in [5.74, 6) is 0.281. The molecule has 3 heterocycles. The molecule has 2 aliphatic heterocycles. The van der Waals surface area contributed by atoms with Crippen LogP contribution in [0.4, 0.5) is 15.6 Å². The van der Waals surface area contributed by atoms with Crippen molar-refractivity contribution in [2.45, 2.75) is 31.2 Å². The van der Waals surface area contributed by atoms with Gasteiger partial charge in [-0.25, -0.2) is 18.2 Å². The van der Waals surface area contributed by atoms with Crippen LogP contribution in [-0.2, 0) is 19.6 Å². The van der Waals surface area contributed by atoms with Gasteiger partial charge in [0, 0.05) is 51.4 Å². The summed E-state index contributed by atoms with van der Waals surface area (Å²) in [6.45, 7) is 7.23. The third-order valence-electron chi connectivity index (χ3n) is 5.84. The molecule has 2 amide bonds. The van der Waals surface area contributed by atoms with E-state index in [0.29, 0.717) is 56.6 Å². The molecule has 2 fully saturated rings. The molecule has 0 unspecified atom stereocenters. The van der Waals surface area contributed by atoms with Crippen molar-refractivity contribution in [3.8, 4) is 0 Å². The number of anilines is 2. The van der Waals surface area contributed by atoms with Crippen LogP contribution in [0.1, 0.15) is 21.7 Å². The Morgan fingerprint density at radius 3 is 2.53 bits per heavy atom. The summed E-state index contributed by atoms with van der Waals surface area (Å²) >= 11 is 1.20. The van der Waals surface area contributed by atoms with Crippen LogP contribution < -0.4 is 9.62 Å². The summed E-state index contributed by atoms with van der Waals surface area (Å²) in [5, 5.41) is 1.99. The Morgan fingerprint density at radius 2 is 1.91 bits per heavy atom. The Bertz CT molecular complexity index is 1100. The molecule has 4 rings (SSSR count). The van der Waals surface area contributed by atoms with Crippen LogP contribution >= 0.6 is 11.3 Å². The molecule has 0 saturated carbocycles. The molecule has 10 nitrogen and oxygen atoms in total. The number of rotatable bonds is 7. The Labute approximate surface area is 205 Å². The van der Waals surface area contributed by atoms with E-state index in [1.54, 1.807) is 27.3 Å². The fourth-order valence-electron chi connectivity index (χ4n) is 4.06. The predicted octanol–water partition coefficient (Wildman–Crippen LogP) is 2.71.